The van der Waals surface area contributed by atoms with E-state index in [2.05, 4.69) is 44.7 Å². The summed E-state index contributed by atoms with van der Waals surface area (Å²) in [4.78, 5) is 16.8. The van der Waals surface area contributed by atoms with Gasteiger partial charge in [0.15, 0.2) is 0 Å². The van der Waals surface area contributed by atoms with E-state index in [9.17, 15) is 4.79 Å². The second-order valence-electron chi connectivity index (χ2n) is 6.49. The maximum atomic E-state index is 12.6. The number of amides is 1. The molecular weight excluding hydrogens is 276 g/mol. The SMILES string of the molecule is CC(C)N(C(=O)CN1CCOC(c2ccccc2)C1)C(C)C. The van der Waals surface area contributed by atoms with Gasteiger partial charge in [-0.2, -0.15) is 0 Å². The highest BCUT2D eigenvalue weighted by atomic mass is 16.5. The molecule has 0 aliphatic carbocycles. The first-order valence-electron chi connectivity index (χ1n) is 8.19. The lowest BCUT2D eigenvalue weighted by atomic mass is 10.1. The Balaban J connectivity index is 1.97. The van der Waals surface area contributed by atoms with E-state index in [0.717, 1.165) is 13.1 Å². The lowest BCUT2D eigenvalue weighted by molar-refractivity contribution is -0.138. The van der Waals surface area contributed by atoms with Gasteiger partial charge in [0.1, 0.15) is 0 Å². The predicted octanol–water partition coefficient (Wildman–Crippen LogP) is 2.71. The van der Waals surface area contributed by atoms with Crippen LogP contribution >= 0.6 is 0 Å². The summed E-state index contributed by atoms with van der Waals surface area (Å²) in [7, 11) is 0. The zero-order valence-electron chi connectivity index (χ0n) is 14.2. The molecule has 0 N–H and O–H groups in total. The summed E-state index contributed by atoms with van der Waals surface area (Å²) in [5.41, 5.74) is 1.18. The number of nitrogens with zero attached hydrogens (tertiary/aromatic N) is 2. The summed E-state index contributed by atoms with van der Waals surface area (Å²) in [6.45, 7) is 11.0. The van der Waals surface area contributed by atoms with Gasteiger partial charge in [0.25, 0.3) is 0 Å². The Morgan fingerprint density at radius 1 is 1.23 bits per heavy atom. The molecule has 1 unspecified atom stereocenters. The number of carbonyl (C=O) groups excluding carboxylic acids is 1. The van der Waals surface area contributed by atoms with Gasteiger partial charge in [-0.1, -0.05) is 30.3 Å². The Bertz CT molecular complexity index is 465. The molecule has 0 aromatic heterocycles. The third-order valence-corrected chi connectivity index (χ3v) is 4.08. The van der Waals surface area contributed by atoms with Gasteiger partial charge in [0.05, 0.1) is 19.3 Å². The average Bonchev–Trinajstić information content (AvgIpc) is 2.47. The molecule has 0 bridgehead atoms. The van der Waals surface area contributed by atoms with E-state index in [1.54, 1.807) is 0 Å². The van der Waals surface area contributed by atoms with E-state index in [1.165, 1.54) is 5.56 Å². The smallest absolute Gasteiger partial charge is 0.237 e. The van der Waals surface area contributed by atoms with Crippen molar-refractivity contribution in [3.8, 4) is 0 Å². The largest absolute Gasteiger partial charge is 0.371 e. The van der Waals surface area contributed by atoms with E-state index >= 15 is 0 Å². The van der Waals surface area contributed by atoms with Crippen LogP contribution < -0.4 is 0 Å². The van der Waals surface area contributed by atoms with E-state index in [1.807, 2.05) is 23.1 Å². The third-order valence-electron chi connectivity index (χ3n) is 4.08. The number of rotatable bonds is 5. The standard InChI is InChI=1S/C18H28N2O2/c1-14(2)20(15(3)4)18(21)13-19-10-11-22-17(12-19)16-8-6-5-7-9-16/h5-9,14-15,17H,10-13H2,1-4H3. The van der Waals surface area contributed by atoms with Crippen molar-refractivity contribution in [2.45, 2.75) is 45.9 Å². The van der Waals surface area contributed by atoms with Crippen molar-refractivity contribution in [1.29, 1.82) is 0 Å². The molecule has 1 aliphatic rings. The molecule has 1 fully saturated rings. The van der Waals surface area contributed by atoms with Gasteiger partial charge in [0.2, 0.25) is 5.91 Å². The van der Waals surface area contributed by atoms with Gasteiger partial charge in [-0.15, -0.1) is 0 Å². The molecule has 22 heavy (non-hydrogen) atoms. The minimum absolute atomic E-state index is 0.0642. The molecule has 0 spiro atoms. The quantitative estimate of drug-likeness (QED) is 0.838. The maximum absolute atomic E-state index is 12.6. The molecule has 1 aromatic rings. The Morgan fingerprint density at radius 2 is 1.86 bits per heavy atom. The summed E-state index contributed by atoms with van der Waals surface area (Å²) in [6.07, 6.45) is 0.0642. The van der Waals surface area contributed by atoms with Crippen LogP contribution in [-0.2, 0) is 9.53 Å². The molecule has 1 aromatic carbocycles. The van der Waals surface area contributed by atoms with Crippen molar-refractivity contribution >= 4 is 5.91 Å². The summed E-state index contributed by atoms with van der Waals surface area (Å²) < 4.78 is 5.86. The van der Waals surface area contributed by atoms with Crippen molar-refractivity contribution in [3.05, 3.63) is 35.9 Å². The molecule has 1 saturated heterocycles. The second kappa shape index (κ2) is 7.75. The van der Waals surface area contributed by atoms with Crippen molar-refractivity contribution in [2.75, 3.05) is 26.2 Å². The van der Waals surface area contributed by atoms with Gasteiger partial charge >= 0.3 is 0 Å². The highest BCUT2D eigenvalue weighted by Gasteiger charge is 2.26. The molecule has 2 rings (SSSR count). The summed E-state index contributed by atoms with van der Waals surface area (Å²) in [5.74, 6) is 0.207. The van der Waals surface area contributed by atoms with E-state index in [0.29, 0.717) is 13.2 Å². The molecule has 1 heterocycles. The second-order valence-corrected chi connectivity index (χ2v) is 6.49. The molecule has 1 atom stereocenters. The van der Waals surface area contributed by atoms with E-state index in [4.69, 9.17) is 4.74 Å². The Morgan fingerprint density at radius 3 is 2.45 bits per heavy atom. The van der Waals surface area contributed by atoms with Gasteiger partial charge in [-0.05, 0) is 33.3 Å². The Hall–Kier alpha value is -1.39. The first-order valence-corrected chi connectivity index (χ1v) is 8.19. The normalized spacial score (nSPS) is 19.6. The van der Waals surface area contributed by atoms with Crippen LogP contribution in [0.15, 0.2) is 30.3 Å². The van der Waals surface area contributed by atoms with Crippen LogP contribution in [0.25, 0.3) is 0 Å². The average molecular weight is 304 g/mol. The first kappa shape index (κ1) is 17.0. The molecular formula is C18H28N2O2. The number of benzene rings is 1. The van der Waals surface area contributed by atoms with Crippen molar-refractivity contribution in [1.82, 2.24) is 9.80 Å². The Labute approximate surface area is 134 Å². The van der Waals surface area contributed by atoms with Crippen LogP contribution in [0.2, 0.25) is 0 Å². The third kappa shape index (κ3) is 4.31. The van der Waals surface area contributed by atoms with Crippen LogP contribution in [0, 0.1) is 0 Å². The van der Waals surface area contributed by atoms with Crippen LogP contribution in [0.5, 0.6) is 0 Å². The Kier molecular flexibility index (Phi) is 5.98. The van der Waals surface area contributed by atoms with Gasteiger partial charge in [0, 0.05) is 25.2 Å². The van der Waals surface area contributed by atoms with E-state index in [-0.39, 0.29) is 24.1 Å². The molecule has 1 amide bonds. The zero-order valence-corrected chi connectivity index (χ0v) is 14.2. The lowest BCUT2D eigenvalue weighted by Gasteiger charge is -2.36. The van der Waals surface area contributed by atoms with Gasteiger partial charge in [-0.25, -0.2) is 0 Å². The number of ether oxygens (including phenoxy) is 1. The number of hydrogen-bond donors (Lipinski definition) is 0. The van der Waals surface area contributed by atoms with Crippen molar-refractivity contribution in [3.63, 3.8) is 0 Å². The molecule has 4 nitrogen and oxygen atoms in total. The first-order chi connectivity index (χ1) is 10.5. The monoisotopic (exact) mass is 304 g/mol. The molecule has 122 valence electrons. The minimum Gasteiger partial charge on any atom is -0.371 e. The minimum atomic E-state index is 0.0642. The topological polar surface area (TPSA) is 32.8 Å². The molecule has 0 radical (unpaired) electrons. The summed E-state index contributed by atoms with van der Waals surface area (Å²) in [6, 6.07) is 10.7. The molecule has 4 heteroatoms. The van der Waals surface area contributed by atoms with Crippen LogP contribution in [-0.4, -0.2) is 54.0 Å². The van der Waals surface area contributed by atoms with Crippen LogP contribution in [0.1, 0.15) is 39.4 Å². The fourth-order valence-electron chi connectivity index (χ4n) is 3.16. The maximum Gasteiger partial charge on any atom is 0.237 e. The summed E-state index contributed by atoms with van der Waals surface area (Å²) >= 11 is 0. The fourth-order valence-corrected chi connectivity index (χ4v) is 3.16. The number of carbonyl (C=O) groups is 1. The van der Waals surface area contributed by atoms with Crippen molar-refractivity contribution in [2.24, 2.45) is 0 Å². The van der Waals surface area contributed by atoms with Gasteiger partial charge in [-0.3, -0.25) is 9.69 Å². The highest BCUT2D eigenvalue weighted by molar-refractivity contribution is 5.78. The highest BCUT2D eigenvalue weighted by Crippen LogP contribution is 2.22. The predicted molar refractivity (Wildman–Crippen MR) is 88.7 cm³/mol. The van der Waals surface area contributed by atoms with Crippen LogP contribution in [0.3, 0.4) is 0 Å². The van der Waals surface area contributed by atoms with Crippen LogP contribution in [0.4, 0.5) is 0 Å². The molecule has 1 aliphatic heterocycles. The van der Waals surface area contributed by atoms with E-state index < -0.39 is 0 Å². The lowest BCUT2D eigenvalue weighted by Crippen LogP contribution is -2.49. The van der Waals surface area contributed by atoms with Gasteiger partial charge < -0.3 is 9.64 Å². The van der Waals surface area contributed by atoms with Crippen molar-refractivity contribution < 1.29 is 9.53 Å². The zero-order chi connectivity index (χ0) is 16.1. The number of morpholine rings is 1. The summed E-state index contributed by atoms with van der Waals surface area (Å²) in [5, 5.41) is 0. The fraction of sp³-hybridized carbons (Fsp3) is 0.611. The molecule has 0 saturated carbocycles. The number of hydrogen-bond acceptors (Lipinski definition) is 3.